The fourth-order valence-corrected chi connectivity index (χ4v) is 13.3. The van der Waals surface area contributed by atoms with Gasteiger partial charge in [0.05, 0.1) is 26.2 Å². The summed E-state index contributed by atoms with van der Waals surface area (Å²) in [6.07, 6.45) is 13.0. The van der Waals surface area contributed by atoms with Crippen LogP contribution in [0.3, 0.4) is 0 Å². The van der Waals surface area contributed by atoms with Crippen molar-refractivity contribution in [2.45, 2.75) is 106 Å². The third kappa shape index (κ3) is 6.05. The van der Waals surface area contributed by atoms with Gasteiger partial charge in [0.1, 0.15) is 6.61 Å². The van der Waals surface area contributed by atoms with Gasteiger partial charge in [0.15, 0.2) is 0 Å². The zero-order chi connectivity index (χ0) is 36.0. The van der Waals surface area contributed by atoms with Gasteiger partial charge >= 0.3 is 0 Å². The molecule has 4 fully saturated rings. The standard InChI is InChI=1S/C43H66N2O5/c1-29(2)32-16-21-43(38(46)45-25-24-44-26-27-49-47-8)23-22-41(6)34(37(32)43)14-15-36-40(5)19-17-33(31-12-10-30(11-13-31)28-50-48-9)39(3,4)35(40)18-20-42(36,41)7/h10-13,17,32,34-37,44H,1,14-16,18-28H2,2-9H3,(H,45,46)/t32-,34+,35-,36+,37+,40-,41+,42+,43-/m0/s1. The minimum absolute atomic E-state index is 0.0819. The molecule has 7 heteroatoms. The zero-order valence-corrected chi connectivity index (χ0v) is 32.4. The predicted octanol–water partition coefficient (Wildman–Crippen LogP) is 8.70. The van der Waals surface area contributed by atoms with Crippen molar-refractivity contribution in [3.05, 3.63) is 53.6 Å². The first-order valence-electron chi connectivity index (χ1n) is 19.6. The van der Waals surface area contributed by atoms with Crippen molar-refractivity contribution in [1.82, 2.24) is 10.6 Å². The molecule has 6 rings (SSSR count). The van der Waals surface area contributed by atoms with E-state index in [1.165, 1.54) is 49.5 Å². The third-order valence-corrected chi connectivity index (χ3v) is 15.8. The van der Waals surface area contributed by atoms with Crippen molar-refractivity contribution in [2.75, 3.05) is 40.5 Å². The number of rotatable bonds is 13. The fraction of sp³-hybridized carbons (Fsp3) is 0.744. The van der Waals surface area contributed by atoms with Crippen LogP contribution in [-0.2, 0) is 31.0 Å². The molecule has 5 aliphatic carbocycles. The molecule has 0 saturated heterocycles. The Hall–Kier alpha value is -2.03. The second-order valence-electron chi connectivity index (χ2n) is 18.0. The molecule has 4 saturated carbocycles. The number of hydrogen-bond donors (Lipinski definition) is 2. The van der Waals surface area contributed by atoms with Crippen molar-refractivity contribution in [2.24, 2.45) is 56.7 Å². The molecule has 1 aromatic rings. The van der Waals surface area contributed by atoms with Gasteiger partial charge in [-0.2, -0.15) is 0 Å². The van der Waals surface area contributed by atoms with Crippen LogP contribution in [0.25, 0.3) is 5.57 Å². The largest absolute Gasteiger partial charge is 0.354 e. The molecule has 5 aliphatic rings. The lowest BCUT2D eigenvalue weighted by atomic mass is 9.32. The lowest BCUT2D eigenvalue weighted by molar-refractivity contribution is -0.282. The molecule has 50 heavy (non-hydrogen) atoms. The van der Waals surface area contributed by atoms with E-state index in [0.29, 0.717) is 55.9 Å². The van der Waals surface area contributed by atoms with Crippen LogP contribution in [0, 0.1) is 56.7 Å². The molecule has 0 unspecified atom stereocenters. The van der Waals surface area contributed by atoms with Crippen LogP contribution < -0.4 is 10.6 Å². The summed E-state index contributed by atoms with van der Waals surface area (Å²) in [5.41, 5.74) is 5.74. The van der Waals surface area contributed by atoms with E-state index >= 15 is 0 Å². The van der Waals surface area contributed by atoms with Crippen LogP contribution in [0.2, 0.25) is 0 Å². The van der Waals surface area contributed by atoms with Gasteiger partial charge in [-0.1, -0.05) is 77.1 Å². The Balaban J connectivity index is 1.24. The Morgan fingerprint density at radius 2 is 1.58 bits per heavy atom. The molecule has 7 nitrogen and oxygen atoms in total. The van der Waals surface area contributed by atoms with E-state index in [2.05, 4.69) is 94.0 Å². The average Bonchev–Trinajstić information content (AvgIpc) is 3.49. The molecule has 1 aromatic carbocycles. The Labute approximate surface area is 302 Å². The monoisotopic (exact) mass is 690 g/mol. The quantitative estimate of drug-likeness (QED) is 0.0934. The van der Waals surface area contributed by atoms with Gasteiger partial charge in [0.2, 0.25) is 5.91 Å². The lowest BCUT2D eigenvalue weighted by Crippen LogP contribution is -2.66. The summed E-state index contributed by atoms with van der Waals surface area (Å²) >= 11 is 0. The smallest absolute Gasteiger partial charge is 0.226 e. The third-order valence-electron chi connectivity index (χ3n) is 15.8. The molecule has 0 radical (unpaired) electrons. The highest BCUT2D eigenvalue weighted by atomic mass is 17.2. The van der Waals surface area contributed by atoms with Gasteiger partial charge in [-0.15, -0.1) is 0 Å². The van der Waals surface area contributed by atoms with Crippen LogP contribution in [-0.4, -0.2) is 46.4 Å². The molecule has 9 atom stereocenters. The van der Waals surface area contributed by atoms with E-state index in [9.17, 15) is 4.79 Å². The molecular weight excluding hydrogens is 624 g/mol. The van der Waals surface area contributed by atoms with Crippen LogP contribution in [0.1, 0.15) is 110 Å². The van der Waals surface area contributed by atoms with Crippen molar-refractivity contribution in [3.63, 3.8) is 0 Å². The maximum absolute atomic E-state index is 14.3. The van der Waals surface area contributed by atoms with Gasteiger partial charge in [-0.25, -0.2) is 19.6 Å². The van der Waals surface area contributed by atoms with Crippen molar-refractivity contribution < 1.29 is 24.3 Å². The summed E-state index contributed by atoms with van der Waals surface area (Å²) in [5.74, 6) is 2.92. The highest BCUT2D eigenvalue weighted by Crippen LogP contribution is 2.77. The number of carbonyl (C=O) groups excluding carboxylic acids is 1. The lowest BCUT2D eigenvalue weighted by Gasteiger charge is -2.72. The van der Waals surface area contributed by atoms with Gasteiger partial charge < -0.3 is 10.6 Å². The maximum atomic E-state index is 14.3. The molecule has 1 amide bonds. The normalized spacial score (nSPS) is 38.6. The molecular formula is C43H66N2O5. The minimum Gasteiger partial charge on any atom is -0.354 e. The maximum Gasteiger partial charge on any atom is 0.226 e. The minimum atomic E-state index is -0.285. The van der Waals surface area contributed by atoms with Crippen LogP contribution in [0.15, 0.2) is 42.5 Å². The Morgan fingerprint density at radius 1 is 0.840 bits per heavy atom. The first-order valence-corrected chi connectivity index (χ1v) is 19.6. The number of nitrogens with one attached hydrogen (secondary N) is 2. The van der Waals surface area contributed by atoms with E-state index in [1.807, 2.05) is 0 Å². The first-order chi connectivity index (χ1) is 23.8. The molecule has 0 heterocycles. The van der Waals surface area contributed by atoms with Crippen LogP contribution >= 0.6 is 0 Å². The van der Waals surface area contributed by atoms with E-state index in [-0.39, 0.29) is 33.0 Å². The number of benzene rings is 1. The second-order valence-corrected chi connectivity index (χ2v) is 18.0. The molecule has 0 aromatic heterocycles. The predicted molar refractivity (Wildman–Crippen MR) is 199 cm³/mol. The van der Waals surface area contributed by atoms with Gasteiger partial charge in [-0.3, -0.25) is 4.79 Å². The van der Waals surface area contributed by atoms with Crippen LogP contribution in [0.4, 0.5) is 0 Å². The number of allylic oxidation sites excluding steroid dienone is 3. The summed E-state index contributed by atoms with van der Waals surface area (Å²) in [5, 5.41) is 6.76. The Morgan fingerprint density at radius 3 is 2.28 bits per heavy atom. The first kappa shape index (κ1) is 37.7. The summed E-state index contributed by atoms with van der Waals surface area (Å²) in [7, 11) is 3.08. The number of carbonyl (C=O) groups is 1. The van der Waals surface area contributed by atoms with E-state index in [0.717, 1.165) is 44.2 Å². The molecule has 0 aliphatic heterocycles. The number of fused-ring (bicyclic) bond motifs is 7. The number of hydrogen-bond acceptors (Lipinski definition) is 6. The highest BCUT2D eigenvalue weighted by molar-refractivity contribution is 5.84. The van der Waals surface area contributed by atoms with Gasteiger partial charge in [0, 0.05) is 19.6 Å². The number of amides is 1. The summed E-state index contributed by atoms with van der Waals surface area (Å²) in [6, 6.07) is 8.92. The van der Waals surface area contributed by atoms with E-state index < -0.39 is 0 Å². The molecule has 0 bridgehead atoms. The van der Waals surface area contributed by atoms with Gasteiger partial charge in [-0.05, 0) is 133 Å². The van der Waals surface area contributed by atoms with Gasteiger partial charge in [0.25, 0.3) is 0 Å². The van der Waals surface area contributed by atoms with Crippen LogP contribution in [0.5, 0.6) is 0 Å². The summed E-state index contributed by atoms with van der Waals surface area (Å²) in [6.45, 7) is 22.8. The van der Waals surface area contributed by atoms with Crippen molar-refractivity contribution in [1.29, 1.82) is 0 Å². The average molecular weight is 691 g/mol. The summed E-state index contributed by atoms with van der Waals surface area (Å²) in [4.78, 5) is 34.0. The highest BCUT2D eigenvalue weighted by Gasteiger charge is 2.71. The Kier molecular flexibility index (Phi) is 10.9. The zero-order valence-electron chi connectivity index (χ0n) is 32.4. The molecule has 278 valence electrons. The topological polar surface area (TPSA) is 78.1 Å². The second kappa shape index (κ2) is 14.4. The molecule has 0 spiro atoms. The van der Waals surface area contributed by atoms with Crippen molar-refractivity contribution >= 4 is 11.5 Å². The fourth-order valence-electron chi connectivity index (χ4n) is 13.3. The van der Waals surface area contributed by atoms with Crippen molar-refractivity contribution in [3.8, 4) is 0 Å². The molecule has 2 N–H and O–H groups in total. The van der Waals surface area contributed by atoms with E-state index in [1.54, 1.807) is 7.11 Å². The van der Waals surface area contributed by atoms with E-state index in [4.69, 9.17) is 14.7 Å². The Bertz CT molecular complexity index is 1420. The SMILES string of the molecule is C=C(C)[C@@H]1CC[C@]2(C(=O)NCCNCCOOC)CC[C@]3(C)[C@H](CC[C@@H]4[C@@]5(C)CC=C(c6ccc(COOC)cc6)C(C)(C)[C@@H]5CC[C@]43C)[C@@H]12. The summed E-state index contributed by atoms with van der Waals surface area (Å²) < 4.78 is 0.